The van der Waals surface area contributed by atoms with E-state index >= 15 is 0 Å². The SMILES string of the molecule is Nc1nc(-c2ccns2)ncc1Br. The van der Waals surface area contributed by atoms with E-state index in [1.54, 1.807) is 12.4 Å². The lowest BCUT2D eigenvalue weighted by Gasteiger charge is -1.98. The van der Waals surface area contributed by atoms with Crippen LogP contribution in [0.1, 0.15) is 0 Å². The molecule has 0 atom stereocenters. The van der Waals surface area contributed by atoms with E-state index in [0.29, 0.717) is 16.1 Å². The van der Waals surface area contributed by atoms with Crippen molar-refractivity contribution in [2.24, 2.45) is 0 Å². The van der Waals surface area contributed by atoms with Gasteiger partial charge in [-0.3, -0.25) is 0 Å². The third-order valence-corrected chi connectivity index (χ3v) is 2.78. The number of nitrogens with two attached hydrogens (primary N) is 1. The standard InChI is InChI=1S/C7H5BrN4S/c8-4-3-10-7(12-6(4)9)5-1-2-11-13-5/h1-3H,(H2,9,10,12). The van der Waals surface area contributed by atoms with Gasteiger partial charge >= 0.3 is 0 Å². The maximum absolute atomic E-state index is 5.61. The van der Waals surface area contributed by atoms with Crippen molar-refractivity contribution in [1.29, 1.82) is 0 Å². The fraction of sp³-hybridized carbons (Fsp3) is 0. The van der Waals surface area contributed by atoms with Crippen molar-refractivity contribution in [1.82, 2.24) is 14.3 Å². The van der Waals surface area contributed by atoms with Crippen LogP contribution in [0.2, 0.25) is 0 Å². The Morgan fingerprint density at radius 1 is 1.46 bits per heavy atom. The molecule has 0 radical (unpaired) electrons. The molecule has 0 aromatic carbocycles. The molecule has 0 aliphatic heterocycles. The highest BCUT2D eigenvalue weighted by atomic mass is 79.9. The second-order valence-electron chi connectivity index (χ2n) is 2.30. The van der Waals surface area contributed by atoms with Gasteiger partial charge in [-0.2, -0.15) is 0 Å². The van der Waals surface area contributed by atoms with Crippen molar-refractivity contribution in [3.05, 3.63) is 22.9 Å². The minimum absolute atomic E-state index is 0.443. The normalized spacial score (nSPS) is 10.2. The highest BCUT2D eigenvalue weighted by Crippen LogP contribution is 2.22. The number of hydrogen-bond donors (Lipinski definition) is 1. The Bertz CT molecular complexity index is 414. The lowest BCUT2D eigenvalue weighted by Crippen LogP contribution is -1.95. The van der Waals surface area contributed by atoms with Gasteiger partial charge < -0.3 is 5.73 Å². The van der Waals surface area contributed by atoms with Crippen molar-refractivity contribution < 1.29 is 0 Å². The van der Waals surface area contributed by atoms with Gasteiger partial charge in [0.25, 0.3) is 0 Å². The second-order valence-corrected chi connectivity index (χ2v) is 3.99. The topological polar surface area (TPSA) is 64.7 Å². The van der Waals surface area contributed by atoms with Crippen LogP contribution in [0.5, 0.6) is 0 Å². The summed E-state index contributed by atoms with van der Waals surface area (Å²) < 4.78 is 4.67. The van der Waals surface area contributed by atoms with Crippen LogP contribution in [0.4, 0.5) is 5.82 Å². The molecule has 2 heterocycles. The lowest BCUT2D eigenvalue weighted by molar-refractivity contribution is 1.18. The number of aromatic nitrogens is 3. The van der Waals surface area contributed by atoms with Crippen molar-refractivity contribution in [2.75, 3.05) is 5.73 Å². The number of nitrogens with zero attached hydrogens (tertiary/aromatic N) is 3. The molecule has 0 fully saturated rings. The molecule has 0 spiro atoms. The predicted octanol–water partition coefficient (Wildman–Crippen LogP) is 1.94. The molecule has 0 unspecified atom stereocenters. The number of hydrogen-bond acceptors (Lipinski definition) is 5. The fourth-order valence-electron chi connectivity index (χ4n) is 0.830. The number of halogens is 1. The van der Waals surface area contributed by atoms with E-state index in [-0.39, 0.29) is 0 Å². The summed E-state index contributed by atoms with van der Waals surface area (Å²) in [5.74, 6) is 1.06. The van der Waals surface area contributed by atoms with Crippen LogP contribution in [0.3, 0.4) is 0 Å². The first-order chi connectivity index (χ1) is 6.27. The number of nitrogen functional groups attached to an aromatic ring is 1. The van der Waals surface area contributed by atoms with Gasteiger partial charge in [-0.25, -0.2) is 14.3 Å². The summed E-state index contributed by atoms with van der Waals surface area (Å²) in [6.07, 6.45) is 3.35. The molecule has 0 saturated carbocycles. The van der Waals surface area contributed by atoms with Gasteiger partial charge in [0.05, 0.1) is 9.35 Å². The summed E-state index contributed by atoms with van der Waals surface area (Å²) in [5, 5.41) is 0. The van der Waals surface area contributed by atoms with Crippen LogP contribution < -0.4 is 5.73 Å². The van der Waals surface area contributed by atoms with Crippen LogP contribution in [0.25, 0.3) is 10.7 Å². The van der Waals surface area contributed by atoms with Gasteiger partial charge in [0.1, 0.15) is 5.82 Å². The molecule has 0 aliphatic carbocycles. The molecule has 2 aromatic rings. The summed E-state index contributed by atoms with van der Waals surface area (Å²) in [7, 11) is 0. The van der Waals surface area contributed by atoms with Gasteiger partial charge in [0.2, 0.25) is 0 Å². The largest absolute Gasteiger partial charge is 0.383 e. The quantitative estimate of drug-likeness (QED) is 0.847. The van der Waals surface area contributed by atoms with E-state index < -0.39 is 0 Å². The van der Waals surface area contributed by atoms with Crippen LogP contribution in [0.15, 0.2) is 22.9 Å². The molecule has 0 amide bonds. The first-order valence-electron chi connectivity index (χ1n) is 3.46. The molecular weight excluding hydrogens is 252 g/mol. The minimum atomic E-state index is 0.443. The highest BCUT2D eigenvalue weighted by molar-refractivity contribution is 9.10. The molecule has 66 valence electrons. The average Bonchev–Trinajstić information content (AvgIpc) is 2.62. The molecule has 0 aliphatic rings. The second kappa shape index (κ2) is 3.39. The molecule has 2 aromatic heterocycles. The Kier molecular flexibility index (Phi) is 2.24. The van der Waals surface area contributed by atoms with Gasteiger partial charge in [-0.1, -0.05) is 0 Å². The minimum Gasteiger partial charge on any atom is -0.383 e. The van der Waals surface area contributed by atoms with E-state index in [4.69, 9.17) is 5.73 Å². The monoisotopic (exact) mass is 256 g/mol. The van der Waals surface area contributed by atoms with Crippen molar-refractivity contribution in [2.45, 2.75) is 0 Å². The van der Waals surface area contributed by atoms with E-state index in [9.17, 15) is 0 Å². The molecule has 0 saturated heterocycles. The maximum Gasteiger partial charge on any atom is 0.173 e. The fourth-order valence-corrected chi connectivity index (χ4v) is 1.56. The Hall–Kier alpha value is -1.01. The van der Waals surface area contributed by atoms with Crippen LogP contribution in [0, 0.1) is 0 Å². The average molecular weight is 257 g/mol. The zero-order valence-corrected chi connectivity index (χ0v) is 8.84. The lowest BCUT2D eigenvalue weighted by atomic mass is 10.4. The van der Waals surface area contributed by atoms with Gasteiger partial charge in [0.15, 0.2) is 5.82 Å². The van der Waals surface area contributed by atoms with Crippen LogP contribution in [-0.4, -0.2) is 14.3 Å². The first kappa shape index (κ1) is 8.58. The zero-order valence-electron chi connectivity index (χ0n) is 6.44. The Morgan fingerprint density at radius 3 is 2.92 bits per heavy atom. The molecule has 13 heavy (non-hydrogen) atoms. The third kappa shape index (κ3) is 1.68. The third-order valence-electron chi connectivity index (χ3n) is 1.43. The maximum atomic E-state index is 5.61. The molecule has 2 rings (SSSR count). The van der Waals surface area contributed by atoms with Gasteiger partial charge in [0, 0.05) is 12.4 Å². The zero-order chi connectivity index (χ0) is 9.26. The van der Waals surface area contributed by atoms with Crippen molar-refractivity contribution in [3.63, 3.8) is 0 Å². The van der Waals surface area contributed by atoms with Crippen LogP contribution in [-0.2, 0) is 0 Å². The molecule has 2 N–H and O–H groups in total. The summed E-state index contributed by atoms with van der Waals surface area (Å²) >= 11 is 4.58. The van der Waals surface area contributed by atoms with E-state index in [1.165, 1.54) is 11.5 Å². The van der Waals surface area contributed by atoms with E-state index in [0.717, 1.165) is 4.88 Å². The number of anilines is 1. The first-order valence-corrected chi connectivity index (χ1v) is 5.03. The van der Waals surface area contributed by atoms with Gasteiger partial charge in [-0.15, -0.1) is 0 Å². The van der Waals surface area contributed by atoms with Gasteiger partial charge in [-0.05, 0) is 33.5 Å². The molecule has 6 heteroatoms. The highest BCUT2D eigenvalue weighted by Gasteiger charge is 2.05. The Morgan fingerprint density at radius 2 is 2.31 bits per heavy atom. The summed E-state index contributed by atoms with van der Waals surface area (Å²) in [4.78, 5) is 9.14. The summed E-state index contributed by atoms with van der Waals surface area (Å²) in [6, 6.07) is 1.85. The molecule has 0 bridgehead atoms. The molecular formula is C7H5BrN4S. The van der Waals surface area contributed by atoms with Crippen molar-refractivity contribution in [3.8, 4) is 10.7 Å². The Labute approximate surface area is 87.1 Å². The predicted molar refractivity (Wildman–Crippen MR) is 55.3 cm³/mol. The van der Waals surface area contributed by atoms with E-state index in [2.05, 4.69) is 30.3 Å². The number of rotatable bonds is 1. The molecule has 4 nitrogen and oxygen atoms in total. The smallest absolute Gasteiger partial charge is 0.173 e. The summed E-state index contributed by atoms with van der Waals surface area (Å²) in [6.45, 7) is 0. The van der Waals surface area contributed by atoms with Crippen molar-refractivity contribution >= 4 is 33.3 Å². The van der Waals surface area contributed by atoms with E-state index in [1.807, 2.05) is 6.07 Å². The van der Waals surface area contributed by atoms with Crippen LogP contribution >= 0.6 is 27.5 Å². The Balaban J connectivity index is 2.49. The summed E-state index contributed by atoms with van der Waals surface area (Å²) in [5.41, 5.74) is 5.61.